The predicted molar refractivity (Wildman–Crippen MR) is 315 cm³/mol. The lowest BCUT2D eigenvalue weighted by atomic mass is 10.0. The Morgan fingerprint density at radius 1 is 0.389 bits per heavy atom. The van der Waals surface area contributed by atoms with Crippen LogP contribution in [0.5, 0.6) is 0 Å². The molecule has 0 bridgehead atoms. The van der Waals surface area contributed by atoms with Gasteiger partial charge in [-0.05, 0) is 77.0 Å². The van der Waals surface area contributed by atoms with Crippen molar-refractivity contribution in [3.8, 4) is 0 Å². The molecule has 0 aliphatic heterocycles. The van der Waals surface area contributed by atoms with Crippen LogP contribution in [0.15, 0.2) is 36.5 Å². The number of amides is 1. The second-order valence-electron chi connectivity index (χ2n) is 22.1. The quantitative estimate of drug-likeness (QED) is 0.0320. The highest BCUT2D eigenvalue weighted by atomic mass is 16.5. The molecule has 0 aromatic heterocycles. The predicted octanol–water partition coefficient (Wildman–Crippen LogP) is 20.4. The Balaban J connectivity index is 3.45. The summed E-state index contributed by atoms with van der Waals surface area (Å²) in [5.41, 5.74) is 0. The van der Waals surface area contributed by atoms with E-state index in [2.05, 4.69) is 55.6 Å². The molecule has 6 heteroatoms. The average Bonchev–Trinajstić information content (AvgIpc) is 3.38. The molecule has 0 rings (SSSR count). The van der Waals surface area contributed by atoms with Gasteiger partial charge in [0.25, 0.3) is 0 Å². The Morgan fingerprint density at radius 3 is 1.11 bits per heavy atom. The zero-order valence-corrected chi connectivity index (χ0v) is 48.4. The van der Waals surface area contributed by atoms with Crippen molar-refractivity contribution in [2.24, 2.45) is 0 Å². The Kier molecular flexibility index (Phi) is 60.0. The maximum atomic E-state index is 12.5. The third-order valence-corrected chi connectivity index (χ3v) is 14.9. The summed E-state index contributed by atoms with van der Waals surface area (Å²) < 4.78 is 5.47. The van der Waals surface area contributed by atoms with E-state index in [4.69, 9.17) is 4.74 Å². The molecule has 3 N–H and O–H groups in total. The van der Waals surface area contributed by atoms with Crippen molar-refractivity contribution >= 4 is 11.9 Å². The number of hydrogen-bond acceptors (Lipinski definition) is 5. The van der Waals surface area contributed by atoms with Crippen LogP contribution in [-0.4, -0.2) is 47.4 Å². The first-order valence-electron chi connectivity index (χ1n) is 32.2. The molecular weight excluding hydrogens is 887 g/mol. The molecule has 0 fully saturated rings. The van der Waals surface area contributed by atoms with Gasteiger partial charge in [0, 0.05) is 12.8 Å². The van der Waals surface area contributed by atoms with E-state index >= 15 is 0 Å². The standard InChI is InChI=1S/C66H125NO5/c1-3-5-7-9-11-13-15-17-19-20-21-22-23-25-28-31-34-38-42-46-50-54-58-64(69)63(62-68)67-65(70)59-55-51-47-43-39-35-32-29-26-24-27-30-33-37-41-45-49-53-57-61-72-66(71)60-56-52-48-44-40-36-18-16-14-12-10-8-6-4-2/h10,12,16,18,24,26,63-64,68-69H,3-9,11,13-15,17,19-23,25,27-62H2,1-2H3,(H,67,70)/b12-10-,18-16-,26-24-. The number of ether oxygens (including phenoxy) is 1. The summed E-state index contributed by atoms with van der Waals surface area (Å²) in [6.45, 7) is 4.92. The van der Waals surface area contributed by atoms with Gasteiger partial charge in [0.05, 0.1) is 25.4 Å². The van der Waals surface area contributed by atoms with Crippen LogP contribution in [0, 0.1) is 0 Å². The Labute approximate surface area is 449 Å². The van der Waals surface area contributed by atoms with Gasteiger partial charge in [-0.15, -0.1) is 0 Å². The number of rotatable bonds is 60. The van der Waals surface area contributed by atoms with Crippen molar-refractivity contribution in [2.45, 2.75) is 360 Å². The minimum atomic E-state index is -0.672. The molecule has 1 amide bonds. The van der Waals surface area contributed by atoms with E-state index in [0.29, 0.717) is 25.9 Å². The average molecular weight is 1010 g/mol. The molecule has 2 unspecified atom stereocenters. The van der Waals surface area contributed by atoms with Crippen molar-refractivity contribution in [1.29, 1.82) is 0 Å². The summed E-state index contributed by atoms with van der Waals surface area (Å²) in [6.07, 6.45) is 77.3. The summed E-state index contributed by atoms with van der Waals surface area (Å²) in [5, 5.41) is 23.4. The number of nitrogens with one attached hydrogen (secondary N) is 1. The fraction of sp³-hybridized carbons (Fsp3) is 0.879. The van der Waals surface area contributed by atoms with Gasteiger partial charge in [0.15, 0.2) is 0 Å². The lowest BCUT2D eigenvalue weighted by Gasteiger charge is -2.22. The largest absolute Gasteiger partial charge is 0.466 e. The zero-order valence-electron chi connectivity index (χ0n) is 48.4. The van der Waals surface area contributed by atoms with E-state index < -0.39 is 12.1 Å². The van der Waals surface area contributed by atoms with E-state index in [0.717, 1.165) is 57.8 Å². The molecule has 0 radical (unpaired) electrons. The highest BCUT2D eigenvalue weighted by Gasteiger charge is 2.20. The summed E-state index contributed by atoms with van der Waals surface area (Å²) in [4.78, 5) is 24.6. The smallest absolute Gasteiger partial charge is 0.305 e. The van der Waals surface area contributed by atoms with Crippen LogP contribution in [0.25, 0.3) is 0 Å². The van der Waals surface area contributed by atoms with Crippen molar-refractivity contribution < 1.29 is 24.5 Å². The van der Waals surface area contributed by atoms with Crippen LogP contribution in [0.4, 0.5) is 0 Å². The van der Waals surface area contributed by atoms with Gasteiger partial charge in [-0.3, -0.25) is 9.59 Å². The molecule has 0 aliphatic carbocycles. The van der Waals surface area contributed by atoms with Gasteiger partial charge >= 0.3 is 5.97 Å². The SMILES string of the molecule is CCCC/C=C\C/C=C\CCCCCCCC(=O)OCCCCCCCCCC/C=C\CCCCCCCCCC(=O)NC(CO)C(O)CCCCCCCCCCCCCCCCCCCCCCCC. The number of unbranched alkanes of at least 4 members (excludes halogenated alkanes) is 43. The molecule has 6 nitrogen and oxygen atoms in total. The van der Waals surface area contributed by atoms with E-state index in [1.807, 2.05) is 0 Å². The second-order valence-corrected chi connectivity index (χ2v) is 22.1. The molecule has 0 aliphatic rings. The monoisotopic (exact) mass is 1010 g/mol. The van der Waals surface area contributed by atoms with Crippen molar-refractivity contribution in [2.75, 3.05) is 13.2 Å². The first kappa shape index (κ1) is 70.1. The van der Waals surface area contributed by atoms with Crippen LogP contribution in [0.1, 0.15) is 348 Å². The molecule has 0 saturated heterocycles. The highest BCUT2D eigenvalue weighted by molar-refractivity contribution is 5.76. The van der Waals surface area contributed by atoms with E-state index in [9.17, 15) is 19.8 Å². The maximum Gasteiger partial charge on any atom is 0.305 e. The van der Waals surface area contributed by atoms with Crippen LogP contribution in [-0.2, 0) is 14.3 Å². The van der Waals surface area contributed by atoms with Crippen molar-refractivity contribution in [1.82, 2.24) is 5.32 Å². The first-order chi connectivity index (χ1) is 35.5. The summed E-state index contributed by atoms with van der Waals surface area (Å²) in [7, 11) is 0. The number of hydrogen-bond donors (Lipinski definition) is 3. The summed E-state index contributed by atoms with van der Waals surface area (Å²) in [6, 6.07) is -0.550. The fourth-order valence-corrected chi connectivity index (χ4v) is 9.95. The van der Waals surface area contributed by atoms with Gasteiger partial charge in [-0.25, -0.2) is 0 Å². The van der Waals surface area contributed by atoms with Gasteiger partial charge in [-0.2, -0.15) is 0 Å². The minimum Gasteiger partial charge on any atom is -0.466 e. The number of allylic oxidation sites excluding steroid dienone is 6. The molecule has 0 aromatic rings. The fourth-order valence-electron chi connectivity index (χ4n) is 9.95. The highest BCUT2D eigenvalue weighted by Crippen LogP contribution is 2.18. The number of aliphatic hydroxyl groups is 2. The topological polar surface area (TPSA) is 95.9 Å². The lowest BCUT2D eigenvalue weighted by Crippen LogP contribution is -2.45. The molecule has 0 spiro atoms. The van der Waals surface area contributed by atoms with Gasteiger partial charge in [0.2, 0.25) is 5.91 Å². The molecule has 2 atom stereocenters. The van der Waals surface area contributed by atoms with Crippen LogP contribution in [0.3, 0.4) is 0 Å². The number of carbonyl (C=O) groups is 2. The minimum absolute atomic E-state index is 0.0103. The van der Waals surface area contributed by atoms with Gasteiger partial charge in [0.1, 0.15) is 0 Å². The molecule has 0 saturated carbocycles. The Bertz CT molecular complexity index is 1170. The Hall–Kier alpha value is -1.92. The molecule has 0 aromatic carbocycles. The van der Waals surface area contributed by atoms with Crippen molar-refractivity contribution in [3.05, 3.63) is 36.5 Å². The molecular formula is C66H125NO5. The third-order valence-electron chi connectivity index (χ3n) is 14.9. The van der Waals surface area contributed by atoms with E-state index in [-0.39, 0.29) is 18.5 Å². The maximum absolute atomic E-state index is 12.5. The van der Waals surface area contributed by atoms with Gasteiger partial charge < -0.3 is 20.3 Å². The van der Waals surface area contributed by atoms with Crippen LogP contribution in [0.2, 0.25) is 0 Å². The first-order valence-corrected chi connectivity index (χ1v) is 32.2. The van der Waals surface area contributed by atoms with Gasteiger partial charge in [-0.1, -0.05) is 294 Å². The zero-order chi connectivity index (χ0) is 52.2. The Morgan fingerprint density at radius 2 is 0.708 bits per heavy atom. The third kappa shape index (κ3) is 57.4. The summed E-state index contributed by atoms with van der Waals surface area (Å²) >= 11 is 0. The number of aliphatic hydroxyl groups excluding tert-OH is 2. The lowest BCUT2D eigenvalue weighted by molar-refractivity contribution is -0.143. The number of carbonyl (C=O) groups excluding carboxylic acids is 2. The van der Waals surface area contributed by atoms with Crippen LogP contribution >= 0.6 is 0 Å². The van der Waals surface area contributed by atoms with E-state index in [1.165, 1.54) is 257 Å². The van der Waals surface area contributed by atoms with Crippen LogP contribution < -0.4 is 5.32 Å². The molecule has 0 heterocycles. The summed E-state index contributed by atoms with van der Waals surface area (Å²) in [5.74, 6) is -0.0521. The molecule has 424 valence electrons. The van der Waals surface area contributed by atoms with Crippen molar-refractivity contribution in [3.63, 3.8) is 0 Å². The molecule has 72 heavy (non-hydrogen) atoms. The second kappa shape index (κ2) is 61.6. The normalized spacial score (nSPS) is 12.8. The van der Waals surface area contributed by atoms with E-state index in [1.54, 1.807) is 0 Å². The number of esters is 1.